The molecule has 88 valence electrons. The van der Waals surface area contributed by atoms with Gasteiger partial charge in [-0.1, -0.05) is 25.7 Å². The standard InChI is InChI=1S/C11H20INO2/c1-10(14)8-6-4-2-3-5-7-9-11(15)13-12/h2-9H2,1H3,(H,13,15). The van der Waals surface area contributed by atoms with Gasteiger partial charge < -0.3 is 4.79 Å². The lowest BCUT2D eigenvalue weighted by Crippen LogP contribution is -2.10. The minimum Gasteiger partial charge on any atom is -0.300 e. The molecule has 0 saturated heterocycles. The van der Waals surface area contributed by atoms with Crippen molar-refractivity contribution >= 4 is 34.6 Å². The van der Waals surface area contributed by atoms with Crippen molar-refractivity contribution in [3.8, 4) is 0 Å². The van der Waals surface area contributed by atoms with E-state index in [4.69, 9.17) is 0 Å². The molecule has 3 nitrogen and oxygen atoms in total. The van der Waals surface area contributed by atoms with Gasteiger partial charge in [-0.3, -0.25) is 8.32 Å². The van der Waals surface area contributed by atoms with Crippen LogP contribution in [0.3, 0.4) is 0 Å². The van der Waals surface area contributed by atoms with Crippen LogP contribution in [0.5, 0.6) is 0 Å². The molecule has 1 amide bonds. The number of hydrogen-bond acceptors (Lipinski definition) is 2. The molecule has 0 saturated carbocycles. The summed E-state index contributed by atoms with van der Waals surface area (Å²) in [7, 11) is 0. The molecule has 0 unspecified atom stereocenters. The average Bonchev–Trinajstić information content (AvgIpc) is 2.21. The molecular formula is C11H20INO2. The van der Waals surface area contributed by atoms with Crippen molar-refractivity contribution in [2.24, 2.45) is 0 Å². The Bertz CT molecular complexity index is 195. The Balaban J connectivity index is 3.05. The molecule has 0 atom stereocenters. The van der Waals surface area contributed by atoms with Crippen LogP contribution < -0.4 is 3.53 Å². The van der Waals surface area contributed by atoms with Crippen molar-refractivity contribution in [1.29, 1.82) is 0 Å². The number of Topliss-reactive ketones (excluding diaryl/α,β-unsaturated/α-hetero) is 1. The van der Waals surface area contributed by atoms with E-state index in [-0.39, 0.29) is 11.7 Å². The molecule has 0 fully saturated rings. The molecule has 1 N–H and O–H groups in total. The fourth-order valence-electron chi connectivity index (χ4n) is 1.41. The van der Waals surface area contributed by atoms with Gasteiger partial charge in [0.25, 0.3) is 0 Å². The molecule has 0 spiro atoms. The minimum atomic E-state index is 0.118. The molecule has 0 bridgehead atoms. The highest BCUT2D eigenvalue weighted by Gasteiger charge is 1.98. The fraction of sp³-hybridized carbons (Fsp3) is 0.818. The summed E-state index contributed by atoms with van der Waals surface area (Å²) in [6, 6.07) is 0. The monoisotopic (exact) mass is 325 g/mol. The van der Waals surface area contributed by atoms with E-state index in [1.54, 1.807) is 6.92 Å². The molecule has 0 heterocycles. The third-order valence-electron chi connectivity index (χ3n) is 2.29. The third kappa shape index (κ3) is 11.8. The maximum absolute atomic E-state index is 10.9. The lowest BCUT2D eigenvalue weighted by atomic mass is 10.1. The Morgan fingerprint density at radius 1 is 0.933 bits per heavy atom. The van der Waals surface area contributed by atoms with Gasteiger partial charge in [-0.25, -0.2) is 0 Å². The zero-order valence-corrected chi connectivity index (χ0v) is 11.5. The zero-order chi connectivity index (χ0) is 11.5. The second kappa shape index (κ2) is 10.4. The van der Waals surface area contributed by atoms with Crippen molar-refractivity contribution < 1.29 is 9.59 Å². The van der Waals surface area contributed by atoms with Gasteiger partial charge in [0.05, 0.1) is 22.9 Å². The van der Waals surface area contributed by atoms with E-state index in [0.717, 1.165) is 32.1 Å². The van der Waals surface area contributed by atoms with Gasteiger partial charge in [0, 0.05) is 12.8 Å². The maximum Gasteiger partial charge on any atom is 0.228 e. The smallest absolute Gasteiger partial charge is 0.228 e. The normalized spacial score (nSPS) is 10.0. The summed E-state index contributed by atoms with van der Waals surface area (Å²) in [5.41, 5.74) is 0. The molecule has 0 aliphatic rings. The Hall–Kier alpha value is -0.130. The van der Waals surface area contributed by atoms with E-state index in [0.29, 0.717) is 6.42 Å². The Labute approximate surface area is 106 Å². The van der Waals surface area contributed by atoms with Gasteiger partial charge in [0.1, 0.15) is 5.78 Å². The third-order valence-corrected chi connectivity index (χ3v) is 2.89. The summed E-state index contributed by atoms with van der Waals surface area (Å²) in [5.74, 6) is 0.404. The highest BCUT2D eigenvalue weighted by molar-refractivity contribution is 14.1. The number of halogens is 1. The van der Waals surface area contributed by atoms with Crippen LogP contribution in [0.25, 0.3) is 0 Å². The number of ketones is 1. The summed E-state index contributed by atoms with van der Waals surface area (Å²) < 4.78 is 2.58. The van der Waals surface area contributed by atoms with Gasteiger partial charge >= 0.3 is 0 Å². The van der Waals surface area contributed by atoms with Crippen LogP contribution in [0.1, 0.15) is 58.3 Å². The number of carbonyl (C=O) groups excluding carboxylic acids is 2. The summed E-state index contributed by atoms with van der Waals surface area (Å²) in [5, 5.41) is 0. The molecule has 0 aromatic rings. The second-order valence-corrected chi connectivity index (χ2v) is 4.38. The first-order valence-electron chi connectivity index (χ1n) is 5.55. The molecule has 0 aliphatic heterocycles. The van der Waals surface area contributed by atoms with Crippen LogP contribution in [0.2, 0.25) is 0 Å². The van der Waals surface area contributed by atoms with Gasteiger partial charge in [0.15, 0.2) is 0 Å². The second-order valence-electron chi connectivity index (χ2n) is 3.84. The van der Waals surface area contributed by atoms with E-state index >= 15 is 0 Å². The molecule has 0 aromatic carbocycles. The lowest BCUT2D eigenvalue weighted by Gasteiger charge is -2.00. The highest BCUT2D eigenvalue weighted by atomic mass is 127. The number of carbonyl (C=O) groups is 2. The molecule has 15 heavy (non-hydrogen) atoms. The van der Waals surface area contributed by atoms with Crippen LogP contribution in [0.15, 0.2) is 0 Å². The highest BCUT2D eigenvalue weighted by Crippen LogP contribution is 2.08. The molecule has 0 rings (SSSR count). The van der Waals surface area contributed by atoms with Crippen molar-refractivity contribution in [3.63, 3.8) is 0 Å². The van der Waals surface area contributed by atoms with Gasteiger partial charge in [0.2, 0.25) is 5.91 Å². The van der Waals surface area contributed by atoms with Crippen LogP contribution in [0, 0.1) is 0 Å². The summed E-state index contributed by atoms with van der Waals surface area (Å²) in [4.78, 5) is 21.5. The molecule has 0 aliphatic carbocycles. The maximum atomic E-state index is 10.9. The summed E-state index contributed by atoms with van der Waals surface area (Å²) >= 11 is 1.87. The van der Waals surface area contributed by atoms with E-state index < -0.39 is 0 Å². The number of hydrogen-bond donors (Lipinski definition) is 1. The van der Waals surface area contributed by atoms with Crippen molar-refractivity contribution in [2.75, 3.05) is 0 Å². The molecule has 4 heteroatoms. The number of rotatable bonds is 9. The molecule has 0 radical (unpaired) electrons. The Morgan fingerprint density at radius 2 is 1.40 bits per heavy atom. The van der Waals surface area contributed by atoms with Gasteiger partial charge in [-0.15, -0.1) is 0 Å². The van der Waals surface area contributed by atoms with Crippen molar-refractivity contribution in [1.82, 2.24) is 3.53 Å². The first kappa shape index (κ1) is 14.9. The number of unbranched alkanes of at least 4 members (excludes halogenated alkanes) is 5. The lowest BCUT2D eigenvalue weighted by molar-refractivity contribution is -0.119. The minimum absolute atomic E-state index is 0.118. The van der Waals surface area contributed by atoms with Gasteiger partial charge in [-0.2, -0.15) is 0 Å². The quantitative estimate of drug-likeness (QED) is 0.402. The number of amides is 1. The van der Waals surface area contributed by atoms with E-state index in [9.17, 15) is 9.59 Å². The first-order chi connectivity index (χ1) is 7.16. The molecule has 0 aromatic heterocycles. The molecular weight excluding hydrogens is 305 g/mol. The van der Waals surface area contributed by atoms with E-state index in [1.165, 1.54) is 12.8 Å². The van der Waals surface area contributed by atoms with Crippen LogP contribution in [0.4, 0.5) is 0 Å². The Morgan fingerprint density at radius 3 is 1.87 bits per heavy atom. The van der Waals surface area contributed by atoms with Crippen LogP contribution >= 0.6 is 22.9 Å². The predicted molar refractivity (Wildman–Crippen MR) is 69.8 cm³/mol. The zero-order valence-electron chi connectivity index (χ0n) is 9.35. The van der Waals surface area contributed by atoms with Crippen LogP contribution in [-0.4, -0.2) is 11.7 Å². The van der Waals surface area contributed by atoms with E-state index in [1.807, 2.05) is 22.9 Å². The fourth-order valence-corrected chi connectivity index (χ4v) is 1.68. The topological polar surface area (TPSA) is 46.2 Å². The summed E-state index contributed by atoms with van der Waals surface area (Å²) in [6.07, 6.45) is 7.95. The summed E-state index contributed by atoms with van der Waals surface area (Å²) in [6.45, 7) is 1.64. The van der Waals surface area contributed by atoms with Gasteiger partial charge in [-0.05, 0) is 19.8 Å². The van der Waals surface area contributed by atoms with Crippen molar-refractivity contribution in [2.45, 2.75) is 58.3 Å². The Kier molecular flexibility index (Phi) is 10.3. The van der Waals surface area contributed by atoms with E-state index in [2.05, 4.69) is 3.53 Å². The largest absolute Gasteiger partial charge is 0.300 e. The average molecular weight is 325 g/mol. The van der Waals surface area contributed by atoms with Crippen molar-refractivity contribution in [3.05, 3.63) is 0 Å². The number of nitrogens with one attached hydrogen (secondary N) is 1. The predicted octanol–water partition coefficient (Wildman–Crippen LogP) is 3.16. The first-order valence-corrected chi connectivity index (χ1v) is 6.63. The SMILES string of the molecule is CC(=O)CCCCCCCCC(=O)NI. The van der Waals surface area contributed by atoms with Crippen LogP contribution in [-0.2, 0) is 9.59 Å².